The van der Waals surface area contributed by atoms with Crippen LogP contribution in [0.2, 0.25) is 0 Å². The zero-order chi connectivity index (χ0) is 28.2. The van der Waals surface area contributed by atoms with Crippen molar-refractivity contribution in [3.63, 3.8) is 0 Å². The number of nitrogen functional groups attached to an aromatic ring is 2. The molecule has 0 atom stereocenters. The molecule has 0 amide bonds. The highest BCUT2D eigenvalue weighted by Crippen LogP contribution is 2.10. The Morgan fingerprint density at radius 1 is 0.421 bits per heavy atom. The van der Waals surface area contributed by atoms with Gasteiger partial charge in [0.25, 0.3) is 11.9 Å². The average Bonchev–Trinajstić information content (AvgIpc) is 2.87. The molecule has 1 saturated heterocycles. The normalized spacial score (nSPS) is 16.6. The number of pyridine rings is 2. The van der Waals surface area contributed by atoms with Crippen LogP contribution in [0.4, 0.5) is 38.0 Å². The highest BCUT2D eigenvalue weighted by molar-refractivity contribution is 5.29. The van der Waals surface area contributed by atoms with E-state index in [9.17, 15) is 26.3 Å². The fraction of sp³-hybridized carbons (Fsp3) is 0.545. The number of anilines is 2. The minimum absolute atomic E-state index is 0.345. The maximum absolute atomic E-state index is 12.2. The van der Waals surface area contributed by atoms with E-state index < -0.39 is 46.8 Å². The number of hydrogen-bond donors (Lipinski definition) is 2. The first-order valence-electron chi connectivity index (χ1n) is 11.2. The summed E-state index contributed by atoms with van der Waals surface area (Å²) in [6.07, 6.45) is 0. The Balaban J connectivity index is 0.000000307. The summed E-state index contributed by atoms with van der Waals surface area (Å²) in [4.78, 5) is 5.47. The van der Waals surface area contributed by atoms with E-state index in [1.54, 1.807) is 0 Å². The molecule has 0 radical (unpaired) electrons. The number of hydrogen-bond acceptors (Lipinski definition) is 10. The monoisotopic (exact) mass is 560 g/mol. The first-order valence-corrected chi connectivity index (χ1v) is 11.2. The maximum Gasteiger partial charge on any atom is 0.251 e. The van der Waals surface area contributed by atoms with Crippen molar-refractivity contribution in [3.05, 3.63) is 47.3 Å². The van der Waals surface area contributed by atoms with E-state index in [1.807, 2.05) is 0 Å². The van der Waals surface area contributed by atoms with Gasteiger partial charge >= 0.3 is 0 Å². The second kappa shape index (κ2) is 20.2. The molecule has 1 aliphatic heterocycles. The van der Waals surface area contributed by atoms with Crippen LogP contribution in [0.25, 0.3) is 0 Å². The van der Waals surface area contributed by atoms with E-state index in [4.69, 9.17) is 39.9 Å². The van der Waals surface area contributed by atoms with Gasteiger partial charge in [-0.05, 0) is 0 Å². The van der Waals surface area contributed by atoms with Crippen LogP contribution in [0.15, 0.2) is 12.1 Å². The highest BCUT2D eigenvalue weighted by atomic mass is 19.2. The van der Waals surface area contributed by atoms with Crippen molar-refractivity contribution in [2.24, 2.45) is 0 Å². The minimum atomic E-state index is -1.39. The zero-order valence-electron chi connectivity index (χ0n) is 20.4. The molecule has 2 aromatic rings. The Hall–Kier alpha value is -2.76. The third-order valence-corrected chi connectivity index (χ3v) is 4.06. The van der Waals surface area contributed by atoms with Crippen molar-refractivity contribution < 1.29 is 54.8 Å². The lowest BCUT2D eigenvalue weighted by molar-refractivity contribution is -0.0334. The van der Waals surface area contributed by atoms with Crippen molar-refractivity contribution in [1.82, 2.24) is 9.97 Å². The van der Waals surface area contributed by atoms with E-state index in [2.05, 4.69) is 9.97 Å². The number of nitrogens with two attached hydrogens (primary N) is 2. The fourth-order valence-corrected chi connectivity index (χ4v) is 2.23. The van der Waals surface area contributed by atoms with E-state index in [0.717, 1.165) is 0 Å². The molecule has 0 unspecified atom stereocenters. The van der Waals surface area contributed by atoms with Crippen LogP contribution in [0.5, 0.6) is 0 Å². The summed E-state index contributed by atoms with van der Waals surface area (Å²) in [5, 5.41) is 0. The van der Waals surface area contributed by atoms with Crippen molar-refractivity contribution in [2.45, 2.75) is 0 Å². The van der Waals surface area contributed by atoms with Crippen LogP contribution in [-0.4, -0.2) is 89.3 Å². The molecule has 38 heavy (non-hydrogen) atoms. The zero-order valence-corrected chi connectivity index (χ0v) is 20.4. The predicted octanol–water partition coefficient (Wildman–Crippen LogP) is 2.26. The van der Waals surface area contributed by atoms with E-state index in [1.165, 1.54) is 0 Å². The fourth-order valence-electron chi connectivity index (χ4n) is 2.23. The van der Waals surface area contributed by atoms with Crippen molar-refractivity contribution in [1.29, 1.82) is 0 Å². The van der Waals surface area contributed by atoms with Gasteiger partial charge in [-0.1, -0.05) is 0 Å². The van der Waals surface area contributed by atoms with Gasteiger partial charge in [0.2, 0.25) is 0 Å². The minimum Gasteiger partial charge on any atom is -0.381 e. The third-order valence-electron chi connectivity index (χ3n) is 4.06. The first kappa shape index (κ1) is 33.3. The average molecular weight is 560 g/mol. The van der Waals surface area contributed by atoms with Gasteiger partial charge in [0.15, 0.2) is 34.9 Å². The summed E-state index contributed by atoms with van der Waals surface area (Å²) in [5.74, 6) is -8.85. The SMILES string of the molecule is C1COCCOCCOCCOCCOCCO1.Nc1nc(F)c(F)cc1F.Nc1nc(F)c(F)cc1F. The van der Waals surface area contributed by atoms with Gasteiger partial charge in [-0.2, -0.15) is 18.7 Å². The Kier molecular flexibility index (Phi) is 17.7. The molecule has 4 N–H and O–H groups in total. The van der Waals surface area contributed by atoms with Gasteiger partial charge in [0, 0.05) is 12.1 Å². The topological polar surface area (TPSA) is 133 Å². The standard InChI is InChI=1S/C12H24O6.2C5H3F3N2/c1-2-14-5-6-16-9-10-18-12-11-17-8-7-15-4-3-13-1;2*6-2-1-3(7)5(9)10-4(2)8/h1-12H2;2*1H,(H2,9,10). The number of halogens is 6. The van der Waals surface area contributed by atoms with E-state index in [0.29, 0.717) is 91.4 Å². The van der Waals surface area contributed by atoms with Gasteiger partial charge < -0.3 is 39.9 Å². The Bertz CT molecular complexity index is 703. The Labute approximate surface area is 215 Å². The Morgan fingerprint density at radius 3 is 0.816 bits per heavy atom. The van der Waals surface area contributed by atoms with Gasteiger partial charge in [0.1, 0.15) is 0 Å². The molecule has 0 spiro atoms. The van der Waals surface area contributed by atoms with Gasteiger partial charge in [-0.15, -0.1) is 0 Å². The van der Waals surface area contributed by atoms with E-state index >= 15 is 0 Å². The van der Waals surface area contributed by atoms with Crippen LogP contribution < -0.4 is 11.5 Å². The lowest BCUT2D eigenvalue weighted by atomic mass is 10.4. The first-order chi connectivity index (χ1) is 18.2. The molecule has 0 saturated carbocycles. The second-order valence-corrected chi connectivity index (χ2v) is 6.93. The number of ether oxygens (including phenoxy) is 6. The summed E-state index contributed by atoms with van der Waals surface area (Å²) < 4.78 is 104. The molecule has 16 heteroatoms. The van der Waals surface area contributed by atoms with Crippen LogP contribution >= 0.6 is 0 Å². The molecule has 0 aromatic carbocycles. The summed E-state index contributed by atoms with van der Waals surface area (Å²) >= 11 is 0. The Morgan fingerprint density at radius 2 is 0.632 bits per heavy atom. The van der Waals surface area contributed by atoms with E-state index in [-0.39, 0.29) is 0 Å². The predicted molar refractivity (Wildman–Crippen MR) is 122 cm³/mol. The molecule has 0 aliphatic carbocycles. The van der Waals surface area contributed by atoms with Gasteiger partial charge in [0.05, 0.1) is 79.3 Å². The molecule has 3 heterocycles. The largest absolute Gasteiger partial charge is 0.381 e. The summed E-state index contributed by atoms with van der Waals surface area (Å²) in [7, 11) is 0. The summed E-state index contributed by atoms with van der Waals surface area (Å²) in [6.45, 7) is 7.04. The number of nitrogens with zero attached hydrogens (tertiary/aromatic N) is 2. The molecule has 3 rings (SSSR count). The van der Waals surface area contributed by atoms with Crippen LogP contribution in [0.1, 0.15) is 0 Å². The molecule has 1 fully saturated rings. The van der Waals surface area contributed by atoms with Crippen molar-refractivity contribution >= 4 is 11.6 Å². The number of aromatic nitrogens is 2. The van der Waals surface area contributed by atoms with Crippen LogP contribution in [0.3, 0.4) is 0 Å². The van der Waals surface area contributed by atoms with Crippen molar-refractivity contribution in [2.75, 3.05) is 90.7 Å². The van der Waals surface area contributed by atoms with Gasteiger partial charge in [-0.25, -0.2) is 17.6 Å². The van der Waals surface area contributed by atoms with Crippen LogP contribution in [-0.2, 0) is 28.4 Å². The molecule has 216 valence electrons. The van der Waals surface area contributed by atoms with Crippen molar-refractivity contribution in [3.8, 4) is 0 Å². The molecule has 10 nitrogen and oxygen atoms in total. The lowest BCUT2D eigenvalue weighted by Crippen LogP contribution is -2.16. The summed E-state index contributed by atoms with van der Waals surface area (Å²) in [6, 6.07) is 0.690. The number of rotatable bonds is 0. The molecule has 0 bridgehead atoms. The lowest BCUT2D eigenvalue weighted by Gasteiger charge is -2.09. The van der Waals surface area contributed by atoms with Crippen LogP contribution in [0, 0.1) is 35.2 Å². The van der Waals surface area contributed by atoms with Gasteiger partial charge in [-0.3, -0.25) is 0 Å². The molecule has 1 aliphatic rings. The highest BCUT2D eigenvalue weighted by Gasteiger charge is 2.08. The summed E-state index contributed by atoms with van der Waals surface area (Å²) in [5.41, 5.74) is 9.59. The smallest absolute Gasteiger partial charge is 0.251 e. The third kappa shape index (κ3) is 15.5. The molecular weight excluding hydrogens is 530 g/mol. The molecular formula is C22H30F6N4O6. The second-order valence-electron chi connectivity index (χ2n) is 6.93. The maximum atomic E-state index is 12.2. The quantitative estimate of drug-likeness (QED) is 0.365. The molecule has 2 aromatic heterocycles.